The molecule has 2 aromatic heterocycles. The Hall–Kier alpha value is -1.91. The van der Waals surface area contributed by atoms with Gasteiger partial charge in [0.25, 0.3) is 5.91 Å². The van der Waals surface area contributed by atoms with Crippen molar-refractivity contribution in [3.63, 3.8) is 0 Å². The summed E-state index contributed by atoms with van der Waals surface area (Å²) in [5.41, 5.74) is 2.00. The summed E-state index contributed by atoms with van der Waals surface area (Å²) in [7, 11) is 0. The first-order chi connectivity index (χ1) is 11.8. The van der Waals surface area contributed by atoms with Gasteiger partial charge < -0.3 is 5.32 Å². The second kappa shape index (κ2) is 8.27. The Bertz CT molecular complexity index is 746. The number of hydrogen-bond acceptors (Lipinski definition) is 3. The molecule has 2 heterocycles. The van der Waals surface area contributed by atoms with E-state index in [1.54, 1.807) is 22.7 Å². The highest BCUT2D eigenvalue weighted by molar-refractivity contribution is 7.10. The number of aryl methyl sites for hydroxylation is 1. The first-order valence-electron chi connectivity index (χ1n) is 8.22. The minimum absolute atomic E-state index is 0.00648. The summed E-state index contributed by atoms with van der Waals surface area (Å²) in [5, 5.41) is 7.34. The Morgan fingerprint density at radius 3 is 2.42 bits per heavy atom. The molecule has 1 unspecified atom stereocenters. The lowest BCUT2D eigenvalue weighted by atomic mass is 10.1. The van der Waals surface area contributed by atoms with Gasteiger partial charge in [-0.15, -0.1) is 22.7 Å². The molecule has 0 aliphatic rings. The number of amides is 1. The van der Waals surface area contributed by atoms with Gasteiger partial charge in [0.2, 0.25) is 0 Å². The van der Waals surface area contributed by atoms with Crippen LogP contribution in [-0.4, -0.2) is 5.91 Å². The molecule has 1 N–H and O–H groups in total. The molecule has 0 fully saturated rings. The monoisotopic (exact) mass is 355 g/mol. The van der Waals surface area contributed by atoms with Crippen LogP contribution in [0.5, 0.6) is 0 Å². The van der Waals surface area contributed by atoms with Gasteiger partial charge in [-0.2, -0.15) is 0 Å². The predicted molar refractivity (Wildman–Crippen MR) is 103 cm³/mol. The molecule has 0 aliphatic heterocycles. The molecular formula is C20H21NOS2. The van der Waals surface area contributed by atoms with Crippen molar-refractivity contribution < 1.29 is 4.79 Å². The quantitative estimate of drug-likeness (QED) is 0.598. The van der Waals surface area contributed by atoms with Gasteiger partial charge in [0.15, 0.2) is 0 Å². The van der Waals surface area contributed by atoms with E-state index in [1.165, 1.54) is 15.3 Å². The predicted octanol–water partition coefficient (Wildman–Crippen LogP) is 5.48. The van der Waals surface area contributed by atoms with Crippen LogP contribution in [0.25, 0.3) is 0 Å². The average molecular weight is 356 g/mol. The van der Waals surface area contributed by atoms with Crippen molar-refractivity contribution in [1.82, 2.24) is 5.32 Å². The van der Waals surface area contributed by atoms with Crippen LogP contribution in [0.15, 0.2) is 59.3 Å². The summed E-state index contributed by atoms with van der Waals surface area (Å²) < 4.78 is 0. The van der Waals surface area contributed by atoms with Crippen LogP contribution in [0, 0.1) is 0 Å². The van der Waals surface area contributed by atoms with Gasteiger partial charge in [0, 0.05) is 21.7 Å². The molecule has 124 valence electrons. The van der Waals surface area contributed by atoms with Gasteiger partial charge in [-0.25, -0.2) is 0 Å². The van der Waals surface area contributed by atoms with Crippen LogP contribution >= 0.6 is 22.7 Å². The van der Waals surface area contributed by atoms with Gasteiger partial charge >= 0.3 is 0 Å². The number of thiophene rings is 2. The maximum atomic E-state index is 12.6. The summed E-state index contributed by atoms with van der Waals surface area (Å²) >= 11 is 3.42. The van der Waals surface area contributed by atoms with Gasteiger partial charge in [-0.1, -0.05) is 37.6 Å². The highest BCUT2D eigenvalue weighted by atomic mass is 32.1. The Labute approximate surface area is 151 Å². The van der Waals surface area contributed by atoms with Crippen LogP contribution in [0.3, 0.4) is 0 Å². The minimum Gasteiger partial charge on any atom is -0.344 e. The molecule has 1 amide bonds. The SMILES string of the molecule is CCCc1ccc(C(=O)NC(Cc2cccs2)c2cccs2)cc1. The molecule has 0 bridgehead atoms. The summed E-state index contributed by atoms with van der Waals surface area (Å²) in [5.74, 6) is -0.00648. The lowest BCUT2D eigenvalue weighted by Gasteiger charge is -2.17. The topological polar surface area (TPSA) is 29.1 Å². The normalized spacial score (nSPS) is 12.0. The standard InChI is InChI=1S/C20H21NOS2/c1-2-5-15-8-10-16(11-9-15)20(22)21-18(19-7-4-13-24-19)14-17-6-3-12-23-17/h3-4,6-13,18H,2,5,14H2,1H3,(H,21,22). The molecule has 24 heavy (non-hydrogen) atoms. The lowest BCUT2D eigenvalue weighted by Crippen LogP contribution is -2.29. The Kier molecular flexibility index (Phi) is 5.83. The Morgan fingerprint density at radius 2 is 1.79 bits per heavy atom. The highest BCUT2D eigenvalue weighted by Gasteiger charge is 2.17. The number of carbonyl (C=O) groups is 1. The van der Waals surface area contributed by atoms with Crippen molar-refractivity contribution >= 4 is 28.6 Å². The molecule has 1 aromatic carbocycles. The largest absolute Gasteiger partial charge is 0.344 e. The van der Waals surface area contributed by atoms with Gasteiger partial charge in [-0.3, -0.25) is 4.79 Å². The van der Waals surface area contributed by atoms with E-state index >= 15 is 0 Å². The minimum atomic E-state index is -0.00648. The second-order valence-electron chi connectivity index (χ2n) is 5.77. The molecule has 4 heteroatoms. The number of hydrogen-bond donors (Lipinski definition) is 1. The van der Waals surface area contributed by atoms with E-state index in [0.29, 0.717) is 0 Å². The molecular weight excluding hydrogens is 334 g/mol. The molecule has 0 saturated heterocycles. The summed E-state index contributed by atoms with van der Waals surface area (Å²) in [6, 6.07) is 16.3. The highest BCUT2D eigenvalue weighted by Crippen LogP contribution is 2.25. The third-order valence-electron chi connectivity index (χ3n) is 3.93. The van der Waals surface area contributed by atoms with E-state index in [0.717, 1.165) is 24.8 Å². The van der Waals surface area contributed by atoms with E-state index < -0.39 is 0 Å². The van der Waals surface area contributed by atoms with Crippen molar-refractivity contribution in [2.75, 3.05) is 0 Å². The Morgan fingerprint density at radius 1 is 1.04 bits per heavy atom. The average Bonchev–Trinajstić information content (AvgIpc) is 3.29. The van der Waals surface area contributed by atoms with Crippen LogP contribution in [0.4, 0.5) is 0 Å². The fourth-order valence-corrected chi connectivity index (χ4v) is 4.23. The molecule has 1 atom stereocenters. The fraction of sp³-hybridized carbons (Fsp3) is 0.250. The Balaban J connectivity index is 1.73. The second-order valence-corrected chi connectivity index (χ2v) is 7.78. The van der Waals surface area contributed by atoms with E-state index in [-0.39, 0.29) is 11.9 Å². The van der Waals surface area contributed by atoms with Crippen LogP contribution < -0.4 is 5.32 Å². The van der Waals surface area contributed by atoms with Crippen LogP contribution in [0.2, 0.25) is 0 Å². The maximum absolute atomic E-state index is 12.6. The van der Waals surface area contributed by atoms with E-state index in [1.807, 2.05) is 18.2 Å². The molecule has 2 nitrogen and oxygen atoms in total. The fourth-order valence-electron chi connectivity index (χ4n) is 2.70. The first kappa shape index (κ1) is 16.9. The van der Waals surface area contributed by atoms with Gasteiger partial charge in [-0.05, 0) is 47.0 Å². The smallest absolute Gasteiger partial charge is 0.251 e. The van der Waals surface area contributed by atoms with Crippen molar-refractivity contribution in [2.24, 2.45) is 0 Å². The van der Waals surface area contributed by atoms with Crippen molar-refractivity contribution in [1.29, 1.82) is 0 Å². The van der Waals surface area contributed by atoms with Crippen molar-refractivity contribution in [3.05, 3.63) is 80.2 Å². The zero-order valence-electron chi connectivity index (χ0n) is 13.7. The molecule has 0 radical (unpaired) electrons. The van der Waals surface area contributed by atoms with E-state index in [2.05, 4.69) is 53.3 Å². The zero-order chi connectivity index (χ0) is 16.8. The first-order valence-corrected chi connectivity index (χ1v) is 9.97. The van der Waals surface area contributed by atoms with Crippen molar-refractivity contribution in [3.8, 4) is 0 Å². The van der Waals surface area contributed by atoms with Gasteiger partial charge in [0.05, 0.1) is 6.04 Å². The summed E-state index contributed by atoms with van der Waals surface area (Å²) in [6.45, 7) is 2.16. The number of carbonyl (C=O) groups excluding carboxylic acids is 1. The molecule has 3 aromatic rings. The zero-order valence-corrected chi connectivity index (χ0v) is 15.3. The number of nitrogens with one attached hydrogen (secondary N) is 1. The molecule has 0 saturated carbocycles. The number of benzene rings is 1. The molecule has 0 spiro atoms. The summed E-state index contributed by atoms with van der Waals surface area (Å²) in [6.07, 6.45) is 3.00. The van der Waals surface area contributed by atoms with E-state index in [4.69, 9.17) is 0 Å². The third-order valence-corrected chi connectivity index (χ3v) is 5.82. The van der Waals surface area contributed by atoms with E-state index in [9.17, 15) is 4.79 Å². The molecule has 0 aliphatic carbocycles. The van der Waals surface area contributed by atoms with Crippen LogP contribution in [-0.2, 0) is 12.8 Å². The van der Waals surface area contributed by atoms with Crippen molar-refractivity contribution in [2.45, 2.75) is 32.2 Å². The maximum Gasteiger partial charge on any atom is 0.251 e. The van der Waals surface area contributed by atoms with Crippen LogP contribution in [0.1, 0.15) is 45.1 Å². The summed E-state index contributed by atoms with van der Waals surface area (Å²) in [4.78, 5) is 15.1. The third kappa shape index (κ3) is 4.34. The number of rotatable bonds is 7. The molecule has 3 rings (SSSR count). The lowest BCUT2D eigenvalue weighted by molar-refractivity contribution is 0.0937. The van der Waals surface area contributed by atoms with Gasteiger partial charge in [0.1, 0.15) is 0 Å².